The quantitative estimate of drug-likeness (QED) is 0.396. The molecule has 0 saturated carbocycles. The van der Waals surface area contributed by atoms with Crippen molar-refractivity contribution in [3.05, 3.63) is 82.9 Å². The summed E-state index contributed by atoms with van der Waals surface area (Å²) in [7, 11) is 0.217. The van der Waals surface area contributed by atoms with Crippen molar-refractivity contribution in [2.24, 2.45) is 5.10 Å². The molecule has 7 nitrogen and oxygen atoms in total. The van der Waals surface area contributed by atoms with Crippen LogP contribution in [0.1, 0.15) is 34.7 Å². The third-order valence-electron chi connectivity index (χ3n) is 6.05. The monoisotopic (exact) mass is 534 g/mol. The highest BCUT2D eigenvalue weighted by Crippen LogP contribution is 2.44. The van der Waals surface area contributed by atoms with Gasteiger partial charge in [0.2, 0.25) is 5.75 Å². The van der Waals surface area contributed by atoms with Gasteiger partial charge < -0.3 is 14.2 Å². The fourth-order valence-electron chi connectivity index (χ4n) is 4.10. The Bertz CT molecular complexity index is 1400. The topological polar surface area (TPSA) is 77.4 Å². The maximum Gasteiger partial charge on any atom is 0.416 e. The van der Waals surface area contributed by atoms with E-state index in [0.717, 1.165) is 22.1 Å². The van der Waals surface area contributed by atoms with Gasteiger partial charge in [-0.25, -0.2) is 0 Å². The summed E-state index contributed by atoms with van der Waals surface area (Å²) in [6, 6.07) is 13.3. The Kier molecular flexibility index (Phi) is 7.09. The first kappa shape index (κ1) is 26.3. The van der Waals surface area contributed by atoms with Crippen LogP contribution in [-0.2, 0) is 16.2 Å². The van der Waals surface area contributed by atoms with Crippen molar-refractivity contribution in [2.45, 2.75) is 30.5 Å². The van der Waals surface area contributed by atoms with Crippen LogP contribution < -0.4 is 14.2 Å². The van der Waals surface area contributed by atoms with Gasteiger partial charge in [-0.2, -0.15) is 31.1 Å². The molecule has 1 heterocycles. The zero-order valence-corrected chi connectivity index (χ0v) is 21.4. The minimum Gasteiger partial charge on any atom is -0.493 e. The molecular formula is C26H25F3N2O5S. The van der Waals surface area contributed by atoms with Crippen molar-refractivity contribution in [1.29, 1.82) is 0 Å². The maximum atomic E-state index is 13.7. The predicted octanol–water partition coefficient (Wildman–Crippen LogP) is 5.58. The van der Waals surface area contributed by atoms with E-state index in [4.69, 9.17) is 14.2 Å². The minimum atomic E-state index is -4.49. The van der Waals surface area contributed by atoms with Crippen LogP contribution in [0.5, 0.6) is 17.2 Å². The summed E-state index contributed by atoms with van der Waals surface area (Å²) in [5, 5.41) is 4.40. The van der Waals surface area contributed by atoms with Crippen LogP contribution in [-0.4, -0.2) is 39.9 Å². The van der Waals surface area contributed by atoms with Crippen molar-refractivity contribution in [3.8, 4) is 17.2 Å². The Balaban J connectivity index is 1.83. The van der Waals surface area contributed by atoms with E-state index in [9.17, 15) is 21.6 Å². The van der Waals surface area contributed by atoms with Crippen LogP contribution in [0.2, 0.25) is 0 Å². The number of benzene rings is 3. The number of rotatable bonds is 7. The van der Waals surface area contributed by atoms with E-state index >= 15 is 0 Å². The van der Waals surface area contributed by atoms with Crippen molar-refractivity contribution in [3.63, 3.8) is 0 Å². The van der Waals surface area contributed by atoms with Gasteiger partial charge >= 0.3 is 6.18 Å². The van der Waals surface area contributed by atoms with E-state index in [2.05, 4.69) is 5.10 Å². The van der Waals surface area contributed by atoms with Gasteiger partial charge in [0.1, 0.15) is 0 Å². The molecule has 0 fully saturated rings. The number of methoxy groups -OCH3 is 3. The number of hydrogen-bond acceptors (Lipinski definition) is 6. The summed E-state index contributed by atoms with van der Waals surface area (Å²) in [5.74, 6) is 0.989. The van der Waals surface area contributed by atoms with Gasteiger partial charge in [0.15, 0.2) is 11.5 Å². The number of nitrogens with zero attached hydrogens (tertiary/aromatic N) is 2. The second-order valence-electron chi connectivity index (χ2n) is 8.39. The molecule has 4 rings (SSSR count). The van der Waals surface area contributed by atoms with Crippen LogP contribution in [0.4, 0.5) is 13.2 Å². The number of hydrazone groups is 1. The lowest BCUT2D eigenvalue weighted by molar-refractivity contribution is -0.137. The summed E-state index contributed by atoms with van der Waals surface area (Å²) >= 11 is 0. The van der Waals surface area contributed by atoms with Gasteiger partial charge in [0.05, 0.1) is 43.5 Å². The van der Waals surface area contributed by atoms with Crippen LogP contribution in [0.3, 0.4) is 0 Å². The van der Waals surface area contributed by atoms with E-state index < -0.39 is 27.8 Å². The number of sulfonamides is 1. The molecule has 0 aliphatic carbocycles. The predicted molar refractivity (Wildman–Crippen MR) is 132 cm³/mol. The lowest BCUT2D eigenvalue weighted by Crippen LogP contribution is -2.27. The maximum absolute atomic E-state index is 13.7. The van der Waals surface area contributed by atoms with Crippen LogP contribution in [0.15, 0.2) is 70.7 Å². The lowest BCUT2D eigenvalue weighted by Gasteiger charge is -2.25. The van der Waals surface area contributed by atoms with Gasteiger partial charge in [-0.05, 0) is 54.4 Å². The first-order valence-corrected chi connectivity index (χ1v) is 12.6. The second-order valence-corrected chi connectivity index (χ2v) is 10.2. The Morgan fingerprint density at radius 3 is 1.95 bits per heavy atom. The number of halogens is 3. The van der Waals surface area contributed by atoms with Gasteiger partial charge in [-0.3, -0.25) is 0 Å². The fraction of sp³-hybridized carbons (Fsp3) is 0.269. The molecule has 0 amide bonds. The molecule has 0 aromatic heterocycles. The molecule has 0 N–H and O–H groups in total. The first-order valence-electron chi connectivity index (χ1n) is 11.2. The average molecular weight is 535 g/mol. The Labute approximate surface area is 213 Å². The molecule has 37 heavy (non-hydrogen) atoms. The Morgan fingerprint density at radius 1 is 0.892 bits per heavy atom. The van der Waals surface area contributed by atoms with E-state index in [0.29, 0.717) is 34.1 Å². The lowest BCUT2D eigenvalue weighted by atomic mass is 9.98. The van der Waals surface area contributed by atoms with Gasteiger partial charge in [-0.1, -0.05) is 29.8 Å². The first-order chi connectivity index (χ1) is 17.5. The summed E-state index contributed by atoms with van der Waals surface area (Å²) in [6.45, 7) is 1.84. The van der Waals surface area contributed by atoms with E-state index in [-0.39, 0.29) is 11.3 Å². The molecule has 0 saturated heterocycles. The molecular weight excluding hydrogens is 509 g/mol. The highest BCUT2D eigenvalue weighted by molar-refractivity contribution is 7.89. The molecule has 0 bridgehead atoms. The van der Waals surface area contributed by atoms with E-state index in [1.807, 2.05) is 6.92 Å². The zero-order valence-electron chi connectivity index (χ0n) is 20.5. The standard InChI is InChI=1S/C26H25F3N2O5S/c1-16-5-11-20(12-6-16)37(32,33)31-22(18-13-23(34-2)25(36-4)24(14-18)35-3)15-21(30-31)17-7-9-19(10-8-17)26(27,28)29/h5-14,22H,15H2,1-4H3. The Hall–Kier alpha value is -3.73. The highest BCUT2D eigenvalue weighted by Gasteiger charge is 2.39. The van der Waals surface area contributed by atoms with E-state index in [1.54, 1.807) is 24.3 Å². The molecule has 1 aliphatic rings. The number of alkyl halides is 3. The SMILES string of the molecule is COc1cc(C2CC(c3ccc(C(F)(F)F)cc3)=NN2S(=O)(=O)c2ccc(C)cc2)cc(OC)c1OC. The normalized spacial score (nSPS) is 15.9. The summed E-state index contributed by atoms with van der Waals surface area (Å²) in [5.41, 5.74) is 1.29. The molecule has 11 heteroatoms. The molecule has 0 radical (unpaired) electrons. The van der Waals surface area contributed by atoms with Gasteiger partial charge in [0, 0.05) is 6.42 Å². The third-order valence-corrected chi connectivity index (χ3v) is 7.75. The molecule has 0 spiro atoms. The molecule has 3 aromatic carbocycles. The number of ether oxygens (including phenoxy) is 3. The van der Waals surface area contributed by atoms with Crippen molar-refractivity contribution < 1.29 is 35.8 Å². The number of aryl methyl sites for hydroxylation is 1. The van der Waals surface area contributed by atoms with E-state index in [1.165, 1.54) is 45.6 Å². The third kappa shape index (κ3) is 5.08. The molecule has 1 aliphatic heterocycles. The second kappa shape index (κ2) is 9.97. The van der Waals surface area contributed by atoms with Crippen molar-refractivity contribution in [2.75, 3.05) is 21.3 Å². The Morgan fingerprint density at radius 2 is 1.46 bits per heavy atom. The average Bonchev–Trinajstić information content (AvgIpc) is 3.34. The molecule has 3 aromatic rings. The smallest absolute Gasteiger partial charge is 0.416 e. The zero-order chi connectivity index (χ0) is 27.0. The number of hydrogen-bond donors (Lipinski definition) is 0. The largest absolute Gasteiger partial charge is 0.493 e. The van der Waals surface area contributed by atoms with Crippen molar-refractivity contribution >= 4 is 15.7 Å². The van der Waals surface area contributed by atoms with Gasteiger partial charge in [-0.15, -0.1) is 0 Å². The molecule has 196 valence electrons. The summed E-state index contributed by atoms with van der Waals surface area (Å²) in [6.07, 6.45) is -4.38. The van der Waals surface area contributed by atoms with Crippen molar-refractivity contribution in [1.82, 2.24) is 4.41 Å². The minimum absolute atomic E-state index is 0.0351. The fourth-order valence-corrected chi connectivity index (χ4v) is 5.53. The highest BCUT2D eigenvalue weighted by atomic mass is 32.2. The summed E-state index contributed by atoms with van der Waals surface area (Å²) < 4.78 is 83.9. The summed E-state index contributed by atoms with van der Waals surface area (Å²) in [4.78, 5) is 0.0351. The van der Waals surface area contributed by atoms with Gasteiger partial charge in [0.25, 0.3) is 10.0 Å². The van der Waals surface area contributed by atoms with Crippen LogP contribution in [0.25, 0.3) is 0 Å². The van der Waals surface area contributed by atoms with Crippen LogP contribution in [0, 0.1) is 6.92 Å². The molecule has 1 unspecified atom stereocenters. The molecule has 1 atom stereocenters. The van der Waals surface area contributed by atoms with Crippen LogP contribution >= 0.6 is 0 Å².